The second-order valence-corrected chi connectivity index (χ2v) is 7.81. The van der Waals surface area contributed by atoms with Crippen molar-refractivity contribution in [3.63, 3.8) is 0 Å². The van der Waals surface area contributed by atoms with Gasteiger partial charge in [-0.25, -0.2) is 0 Å². The van der Waals surface area contributed by atoms with Crippen molar-refractivity contribution in [2.24, 2.45) is 0 Å². The minimum atomic E-state index is -0.266. The van der Waals surface area contributed by atoms with Crippen LogP contribution in [0.15, 0.2) is 24.3 Å². The van der Waals surface area contributed by atoms with E-state index in [0.29, 0.717) is 12.8 Å². The number of ether oxygens (including phenoxy) is 1. The Hall–Kier alpha value is -1.71. The Bertz CT molecular complexity index is 519. The lowest BCUT2D eigenvalue weighted by atomic mass is 10.0. The van der Waals surface area contributed by atoms with E-state index in [9.17, 15) is 14.4 Å². The zero-order valence-electron chi connectivity index (χ0n) is 17.6. The molecule has 0 N–H and O–H groups in total. The van der Waals surface area contributed by atoms with E-state index in [2.05, 4.69) is 0 Å². The molecule has 1 atom stereocenters. The average molecular weight is 391 g/mol. The van der Waals surface area contributed by atoms with Gasteiger partial charge < -0.3 is 4.74 Å². The molecule has 0 saturated carbocycles. The second-order valence-electron chi connectivity index (χ2n) is 7.81. The highest BCUT2D eigenvalue weighted by molar-refractivity contribution is 5.89. The number of carbonyl (C=O) groups excluding carboxylic acids is 3. The minimum absolute atomic E-state index is 0.126. The number of allylic oxidation sites excluding steroid dienone is 4. The molecule has 0 bridgehead atoms. The molecule has 0 radical (unpaired) electrons. The summed E-state index contributed by atoms with van der Waals surface area (Å²) < 4.78 is 5.39. The first-order valence-electron chi connectivity index (χ1n) is 11.1. The van der Waals surface area contributed by atoms with Crippen LogP contribution < -0.4 is 0 Å². The summed E-state index contributed by atoms with van der Waals surface area (Å²) in [5, 5.41) is 0. The third-order valence-electron chi connectivity index (χ3n) is 5.09. The fourth-order valence-electron chi connectivity index (χ4n) is 3.50. The van der Waals surface area contributed by atoms with Crippen LogP contribution in [0.2, 0.25) is 0 Å². The fourth-order valence-corrected chi connectivity index (χ4v) is 3.50. The van der Waals surface area contributed by atoms with Gasteiger partial charge in [-0.3, -0.25) is 14.4 Å². The molecule has 0 amide bonds. The SMILES string of the molecule is CC(=O)OC1CC/C=C/C(=O)CCCCCCCCCCC(=O)/C=C/CCC1. The Balaban J connectivity index is 2.50. The van der Waals surface area contributed by atoms with Gasteiger partial charge in [0.2, 0.25) is 0 Å². The molecule has 1 aliphatic rings. The largest absolute Gasteiger partial charge is 0.463 e. The maximum Gasteiger partial charge on any atom is 0.302 e. The van der Waals surface area contributed by atoms with Gasteiger partial charge in [0.15, 0.2) is 11.6 Å². The maximum atomic E-state index is 11.9. The minimum Gasteiger partial charge on any atom is -0.463 e. The molecular weight excluding hydrogens is 352 g/mol. The molecule has 0 aromatic rings. The van der Waals surface area contributed by atoms with Crippen LogP contribution in [0.3, 0.4) is 0 Å². The smallest absolute Gasteiger partial charge is 0.302 e. The van der Waals surface area contributed by atoms with E-state index in [1.54, 1.807) is 12.2 Å². The highest BCUT2D eigenvalue weighted by Crippen LogP contribution is 2.14. The van der Waals surface area contributed by atoms with Gasteiger partial charge in [0.05, 0.1) is 0 Å². The third kappa shape index (κ3) is 14.4. The van der Waals surface area contributed by atoms with Crippen molar-refractivity contribution in [2.45, 2.75) is 109 Å². The van der Waals surface area contributed by atoms with Crippen molar-refractivity contribution in [1.29, 1.82) is 0 Å². The molecule has 158 valence electrons. The molecule has 28 heavy (non-hydrogen) atoms. The zero-order valence-corrected chi connectivity index (χ0v) is 17.6. The molecule has 0 fully saturated rings. The monoisotopic (exact) mass is 390 g/mol. The van der Waals surface area contributed by atoms with Gasteiger partial charge in [0.25, 0.3) is 0 Å². The second kappa shape index (κ2) is 16.3. The van der Waals surface area contributed by atoms with Crippen molar-refractivity contribution in [3.8, 4) is 0 Å². The van der Waals surface area contributed by atoms with Crippen LogP contribution in [-0.4, -0.2) is 23.6 Å². The first-order valence-corrected chi connectivity index (χ1v) is 11.1. The predicted molar refractivity (Wildman–Crippen MR) is 113 cm³/mol. The van der Waals surface area contributed by atoms with E-state index in [-0.39, 0.29) is 23.6 Å². The van der Waals surface area contributed by atoms with Crippen molar-refractivity contribution in [1.82, 2.24) is 0 Å². The molecular formula is C24H38O4. The van der Waals surface area contributed by atoms with Crippen LogP contribution in [0, 0.1) is 0 Å². The number of carbonyl (C=O) groups is 3. The van der Waals surface area contributed by atoms with Crippen LogP contribution >= 0.6 is 0 Å². The Labute approximate surface area is 170 Å². The molecule has 1 aliphatic carbocycles. The lowest BCUT2D eigenvalue weighted by Gasteiger charge is -2.15. The average Bonchev–Trinajstić information content (AvgIpc) is 2.65. The van der Waals surface area contributed by atoms with E-state index in [1.165, 1.54) is 32.6 Å². The summed E-state index contributed by atoms with van der Waals surface area (Å²) in [5.41, 5.74) is 0. The fraction of sp³-hybridized carbons (Fsp3) is 0.708. The Kier molecular flexibility index (Phi) is 14.1. The van der Waals surface area contributed by atoms with Crippen molar-refractivity contribution in [3.05, 3.63) is 24.3 Å². The summed E-state index contributed by atoms with van der Waals surface area (Å²) in [6.07, 6.45) is 21.3. The Morgan fingerprint density at radius 3 is 1.79 bits per heavy atom. The topological polar surface area (TPSA) is 60.4 Å². The highest BCUT2D eigenvalue weighted by atomic mass is 16.5. The maximum absolute atomic E-state index is 11.9. The molecule has 0 aromatic heterocycles. The van der Waals surface area contributed by atoms with Crippen LogP contribution in [0.25, 0.3) is 0 Å². The summed E-state index contributed by atoms with van der Waals surface area (Å²) in [7, 11) is 0. The normalized spacial score (nSPS) is 25.1. The van der Waals surface area contributed by atoms with Crippen molar-refractivity contribution in [2.75, 3.05) is 0 Å². The third-order valence-corrected chi connectivity index (χ3v) is 5.09. The molecule has 0 aromatic carbocycles. The number of esters is 1. The number of hydrogen-bond donors (Lipinski definition) is 0. The molecule has 1 rings (SSSR count). The molecule has 4 nitrogen and oxygen atoms in total. The van der Waals surface area contributed by atoms with Gasteiger partial charge in [0.1, 0.15) is 6.10 Å². The molecule has 4 heteroatoms. The number of ketones is 2. The van der Waals surface area contributed by atoms with Crippen LogP contribution in [0.4, 0.5) is 0 Å². The molecule has 0 heterocycles. The van der Waals surface area contributed by atoms with E-state index in [4.69, 9.17) is 4.74 Å². The number of rotatable bonds is 1. The molecule has 0 saturated heterocycles. The summed E-state index contributed by atoms with van der Waals surface area (Å²) in [6, 6.07) is 0. The Morgan fingerprint density at radius 1 is 0.750 bits per heavy atom. The molecule has 0 spiro atoms. The lowest BCUT2D eigenvalue weighted by Crippen LogP contribution is -2.16. The van der Waals surface area contributed by atoms with Crippen LogP contribution in [0.1, 0.15) is 103 Å². The van der Waals surface area contributed by atoms with Gasteiger partial charge in [0, 0.05) is 19.8 Å². The first-order chi connectivity index (χ1) is 13.6. The van der Waals surface area contributed by atoms with Crippen molar-refractivity contribution < 1.29 is 19.1 Å². The van der Waals surface area contributed by atoms with E-state index in [1.807, 2.05) is 12.2 Å². The predicted octanol–water partition coefficient (Wildman–Crippen LogP) is 6.03. The lowest BCUT2D eigenvalue weighted by molar-refractivity contribution is -0.147. The first kappa shape index (κ1) is 24.3. The van der Waals surface area contributed by atoms with Gasteiger partial charge in [-0.05, 0) is 57.1 Å². The van der Waals surface area contributed by atoms with Gasteiger partial charge in [-0.2, -0.15) is 0 Å². The van der Waals surface area contributed by atoms with Crippen molar-refractivity contribution >= 4 is 17.5 Å². The van der Waals surface area contributed by atoms with E-state index >= 15 is 0 Å². The van der Waals surface area contributed by atoms with Crippen LogP contribution in [0.5, 0.6) is 0 Å². The Morgan fingerprint density at radius 2 is 1.25 bits per heavy atom. The van der Waals surface area contributed by atoms with E-state index < -0.39 is 0 Å². The summed E-state index contributed by atoms with van der Waals surface area (Å²) in [4.78, 5) is 35.1. The van der Waals surface area contributed by atoms with Crippen LogP contribution in [-0.2, 0) is 19.1 Å². The zero-order chi connectivity index (χ0) is 20.5. The molecule has 1 unspecified atom stereocenters. The highest BCUT2D eigenvalue weighted by Gasteiger charge is 2.10. The summed E-state index contributed by atoms with van der Waals surface area (Å²) in [6.45, 7) is 1.43. The van der Waals surface area contributed by atoms with E-state index in [0.717, 1.165) is 57.8 Å². The quantitative estimate of drug-likeness (QED) is 0.513. The van der Waals surface area contributed by atoms with Gasteiger partial charge >= 0.3 is 5.97 Å². The summed E-state index contributed by atoms with van der Waals surface area (Å²) >= 11 is 0. The van der Waals surface area contributed by atoms with Gasteiger partial charge in [-0.15, -0.1) is 0 Å². The molecule has 0 aliphatic heterocycles. The summed E-state index contributed by atoms with van der Waals surface area (Å²) in [5.74, 6) is 0.145. The number of hydrogen-bond acceptors (Lipinski definition) is 4. The standard InChI is InChI=1S/C24H38O4/c1-21(25)28-24-19-12-8-11-17-22(26)15-9-6-4-2-3-5-7-10-16-23(27)18-13-14-20-24/h11,13,17-18,24H,2-10,12,14-16,19-20H2,1H3/b17-11+,18-13+. The van der Waals surface area contributed by atoms with Gasteiger partial charge in [-0.1, -0.05) is 50.7 Å².